The van der Waals surface area contributed by atoms with E-state index in [1.807, 2.05) is 0 Å². The fourth-order valence-corrected chi connectivity index (χ4v) is 2.39. The predicted octanol–water partition coefficient (Wildman–Crippen LogP) is 2.19. The maximum atomic E-state index is 12.4. The number of hydrogen-bond donors (Lipinski definition) is 1. The van der Waals surface area contributed by atoms with Gasteiger partial charge in [0.15, 0.2) is 0 Å². The molecule has 0 saturated carbocycles. The van der Waals surface area contributed by atoms with Gasteiger partial charge in [-0.25, -0.2) is 0 Å². The number of rotatable bonds is 5. The van der Waals surface area contributed by atoms with Gasteiger partial charge in [0.1, 0.15) is 12.4 Å². The normalized spacial score (nSPS) is 18.1. The Bertz CT molecular complexity index is 524. The van der Waals surface area contributed by atoms with Gasteiger partial charge in [0.25, 0.3) is 5.91 Å². The number of amides is 1. The summed E-state index contributed by atoms with van der Waals surface area (Å²) in [6.45, 7) is 4.88. The molecule has 1 amide bonds. The van der Waals surface area contributed by atoms with Gasteiger partial charge in [-0.05, 0) is 37.1 Å². The lowest BCUT2D eigenvalue weighted by Gasteiger charge is -2.30. The van der Waals surface area contributed by atoms with Crippen molar-refractivity contribution in [2.45, 2.75) is 12.8 Å². The van der Waals surface area contributed by atoms with Crippen LogP contribution in [-0.4, -0.2) is 41.6 Å². The number of hydrogen-bond acceptors (Lipinski definition) is 3. The Kier molecular flexibility index (Phi) is 4.98. The van der Waals surface area contributed by atoms with Crippen LogP contribution in [-0.2, 0) is 4.79 Å². The standard InChI is InChI=1S/C16H19NO4/c1-2-10-21-14-7-5-12(6-8-14)15(18)17-9-3-4-13(11-17)16(19)20/h2,5-8,13H,1,3-4,9-11H2,(H,19,20)/t13-/m1/s1. The molecule has 1 atom stereocenters. The average Bonchev–Trinajstić information content (AvgIpc) is 2.53. The molecular weight excluding hydrogens is 270 g/mol. The zero-order chi connectivity index (χ0) is 15.2. The van der Waals surface area contributed by atoms with E-state index in [1.165, 1.54) is 0 Å². The molecule has 0 aliphatic carbocycles. The second-order valence-electron chi connectivity index (χ2n) is 5.05. The molecule has 0 bridgehead atoms. The van der Waals surface area contributed by atoms with Gasteiger partial charge in [0.05, 0.1) is 5.92 Å². The molecule has 5 nitrogen and oxygen atoms in total. The fourth-order valence-electron chi connectivity index (χ4n) is 2.39. The number of ether oxygens (including phenoxy) is 1. The van der Waals surface area contributed by atoms with Crippen molar-refractivity contribution >= 4 is 11.9 Å². The highest BCUT2D eigenvalue weighted by molar-refractivity contribution is 5.94. The van der Waals surface area contributed by atoms with E-state index in [0.29, 0.717) is 30.9 Å². The van der Waals surface area contributed by atoms with Crippen LogP contribution in [0.2, 0.25) is 0 Å². The van der Waals surface area contributed by atoms with Crippen LogP contribution in [0.3, 0.4) is 0 Å². The lowest BCUT2D eigenvalue weighted by atomic mass is 9.97. The van der Waals surface area contributed by atoms with Crippen molar-refractivity contribution in [3.05, 3.63) is 42.5 Å². The van der Waals surface area contributed by atoms with E-state index in [0.717, 1.165) is 6.42 Å². The first-order valence-electron chi connectivity index (χ1n) is 6.97. The molecule has 1 heterocycles. The molecule has 0 spiro atoms. The summed E-state index contributed by atoms with van der Waals surface area (Å²) < 4.78 is 5.36. The molecule has 0 aromatic heterocycles. The summed E-state index contributed by atoms with van der Waals surface area (Å²) in [5.74, 6) is -0.747. The van der Waals surface area contributed by atoms with Gasteiger partial charge in [0.2, 0.25) is 0 Å². The van der Waals surface area contributed by atoms with E-state index in [2.05, 4.69) is 6.58 Å². The largest absolute Gasteiger partial charge is 0.490 e. The second-order valence-corrected chi connectivity index (χ2v) is 5.05. The monoisotopic (exact) mass is 289 g/mol. The second kappa shape index (κ2) is 6.92. The van der Waals surface area contributed by atoms with E-state index < -0.39 is 11.9 Å². The lowest BCUT2D eigenvalue weighted by Crippen LogP contribution is -2.42. The maximum absolute atomic E-state index is 12.4. The van der Waals surface area contributed by atoms with E-state index in [9.17, 15) is 9.59 Å². The lowest BCUT2D eigenvalue weighted by molar-refractivity contribution is -0.143. The quantitative estimate of drug-likeness (QED) is 0.844. The number of carboxylic acid groups (broad SMARTS) is 1. The number of carbonyl (C=O) groups excluding carboxylic acids is 1. The third kappa shape index (κ3) is 3.84. The van der Waals surface area contributed by atoms with Gasteiger partial charge >= 0.3 is 5.97 Å². The van der Waals surface area contributed by atoms with Crippen LogP contribution in [0.4, 0.5) is 0 Å². The van der Waals surface area contributed by atoms with Gasteiger partial charge < -0.3 is 14.7 Å². The molecular formula is C16H19NO4. The minimum Gasteiger partial charge on any atom is -0.490 e. The zero-order valence-electron chi connectivity index (χ0n) is 11.8. The van der Waals surface area contributed by atoms with E-state index in [1.54, 1.807) is 35.2 Å². The SMILES string of the molecule is C=CCOc1ccc(C(=O)N2CCC[C@@H](C(=O)O)C2)cc1. The molecule has 1 aromatic carbocycles. The Labute approximate surface area is 123 Å². The van der Waals surface area contributed by atoms with Gasteiger partial charge in [-0.15, -0.1) is 0 Å². The molecule has 21 heavy (non-hydrogen) atoms. The minimum atomic E-state index is -0.833. The first-order valence-corrected chi connectivity index (χ1v) is 6.97. The van der Waals surface area contributed by atoms with Crippen molar-refractivity contribution < 1.29 is 19.4 Å². The van der Waals surface area contributed by atoms with Crippen LogP contribution in [0.5, 0.6) is 5.75 Å². The van der Waals surface area contributed by atoms with Crippen molar-refractivity contribution in [1.29, 1.82) is 0 Å². The summed E-state index contributed by atoms with van der Waals surface area (Å²) in [6, 6.07) is 6.86. The molecule has 1 aromatic rings. The molecule has 0 unspecified atom stereocenters. The molecule has 1 N–H and O–H groups in total. The van der Waals surface area contributed by atoms with Crippen molar-refractivity contribution in [3.63, 3.8) is 0 Å². The Morgan fingerprint density at radius 1 is 1.38 bits per heavy atom. The minimum absolute atomic E-state index is 0.128. The first kappa shape index (κ1) is 15.1. The summed E-state index contributed by atoms with van der Waals surface area (Å²) in [7, 11) is 0. The topological polar surface area (TPSA) is 66.8 Å². The highest BCUT2D eigenvalue weighted by Gasteiger charge is 2.28. The van der Waals surface area contributed by atoms with Crippen molar-refractivity contribution in [2.24, 2.45) is 5.92 Å². The van der Waals surface area contributed by atoms with Crippen LogP contribution in [0.1, 0.15) is 23.2 Å². The van der Waals surface area contributed by atoms with Crippen LogP contribution in [0.15, 0.2) is 36.9 Å². The Morgan fingerprint density at radius 3 is 2.71 bits per heavy atom. The molecule has 0 radical (unpaired) electrons. The molecule has 2 rings (SSSR count). The Balaban J connectivity index is 2.02. The summed E-state index contributed by atoms with van der Waals surface area (Å²) in [5.41, 5.74) is 0.548. The molecule has 1 aliphatic heterocycles. The molecule has 5 heteroatoms. The van der Waals surface area contributed by atoms with Crippen LogP contribution in [0.25, 0.3) is 0 Å². The number of aliphatic carboxylic acids is 1. The molecule has 112 valence electrons. The van der Waals surface area contributed by atoms with Gasteiger partial charge in [-0.1, -0.05) is 12.7 Å². The van der Waals surface area contributed by atoms with E-state index >= 15 is 0 Å². The third-order valence-electron chi connectivity index (χ3n) is 3.53. The highest BCUT2D eigenvalue weighted by atomic mass is 16.5. The molecule has 1 aliphatic rings. The van der Waals surface area contributed by atoms with Gasteiger partial charge in [-0.2, -0.15) is 0 Å². The van der Waals surface area contributed by atoms with E-state index in [4.69, 9.17) is 9.84 Å². The summed E-state index contributed by atoms with van der Waals surface area (Å²) in [5, 5.41) is 9.06. The zero-order valence-corrected chi connectivity index (χ0v) is 11.8. The maximum Gasteiger partial charge on any atom is 0.308 e. The smallest absolute Gasteiger partial charge is 0.308 e. The number of nitrogens with zero attached hydrogens (tertiary/aromatic N) is 1. The first-order chi connectivity index (χ1) is 10.1. The van der Waals surface area contributed by atoms with Crippen molar-refractivity contribution in [2.75, 3.05) is 19.7 Å². The van der Waals surface area contributed by atoms with E-state index in [-0.39, 0.29) is 12.5 Å². The number of likely N-dealkylation sites (tertiary alicyclic amines) is 1. The predicted molar refractivity (Wildman–Crippen MR) is 78.4 cm³/mol. The number of piperidine rings is 1. The fraction of sp³-hybridized carbons (Fsp3) is 0.375. The average molecular weight is 289 g/mol. The number of benzene rings is 1. The van der Waals surface area contributed by atoms with Crippen LogP contribution < -0.4 is 4.74 Å². The number of carbonyl (C=O) groups is 2. The van der Waals surface area contributed by atoms with Crippen LogP contribution >= 0.6 is 0 Å². The third-order valence-corrected chi connectivity index (χ3v) is 3.53. The molecule has 1 saturated heterocycles. The molecule has 1 fully saturated rings. The van der Waals surface area contributed by atoms with Crippen molar-refractivity contribution in [3.8, 4) is 5.75 Å². The van der Waals surface area contributed by atoms with Gasteiger partial charge in [-0.3, -0.25) is 9.59 Å². The number of carboxylic acids is 1. The highest BCUT2D eigenvalue weighted by Crippen LogP contribution is 2.20. The Hall–Kier alpha value is -2.30. The summed E-state index contributed by atoms with van der Waals surface area (Å²) >= 11 is 0. The van der Waals surface area contributed by atoms with Gasteiger partial charge in [0, 0.05) is 18.7 Å². The summed E-state index contributed by atoms with van der Waals surface area (Å²) in [4.78, 5) is 25.0. The summed E-state index contributed by atoms with van der Waals surface area (Å²) in [6.07, 6.45) is 3.01. The van der Waals surface area contributed by atoms with Crippen LogP contribution in [0, 0.1) is 5.92 Å². The Morgan fingerprint density at radius 2 is 2.10 bits per heavy atom. The van der Waals surface area contributed by atoms with Crippen molar-refractivity contribution in [1.82, 2.24) is 4.90 Å².